The Morgan fingerprint density at radius 2 is 2.00 bits per heavy atom. The van der Waals surface area contributed by atoms with Crippen molar-refractivity contribution in [1.29, 1.82) is 0 Å². The Labute approximate surface area is 123 Å². The molecule has 0 unspecified atom stereocenters. The molecule has 1 aliphatic carbocycles. The summed E-state index contributed by atoms with van der Waals surface area (Å²) in [6.07, 6.45) is 1.81. The van der Waals surface area contributed by atoms with Crippen molar-refractivity contribution in [3.63, 3.8) is 0 Å². The highest BCUT2D eigenvalue weighted by molar-refractivity contribution is 9.10. The van der Waals surface area contributed by atoms with E-state index < -0.39 is 10.0 Å². The summed E-state index contributed by atoms with van der Waals surface area (Å²) in [4.78, 5) is 0.361. The van der Waals surface area contributed by atoms with Gasteiger partial charge < -0.3 is 5.32 Å². The van der Waals surface area contributed by atoms with Crippen LogP contribution in [-0.2, 0) is 16.6 Å². The molecule has 1 fully saturated rings. The van der Waals surface area contributed by atoms with Crippen molar-refractivity contribution in [2.24, 2.45) is 0 Å². The van der Waals surface area contributed by atoms with Crippen LogP contribution < -0.4 is 10.0 Å². The maximum Gasteiger partial charge on any atom is 0.241 e. The number of hydrogen-bond donors (Lipinski definition) is 2. The molecule has 0 bridgehead atoms. The molecule has 6 heteroatoms. The molecule has 2 N–H and O–H groups in total. The summed E-state index contributed by atoms with van der Waals surface area (Å²) in [7, 11) is -1.62. The van der Waals surface area contributed by atoms with Gasteiger partial charge in [-0.15, -0.1) is 0 Å². The molecule has 0 heterocycles. The molecule has 0 aromatic heterocycles. The summed E-state index contributed by atoms with van der Waals surface area (Å²) in [5.41, 5.74) is 1.44. The van der Waals surface area contributed by atoms with Crippen molar-refractivity contribution in [2.75, 3.05) is 7.05 Å². The second-order valence-corrected chi connectivity index (χ2v) is 7.90. The van der Waals surface area contributed by atoms with Crippen LogP contribution in [0, 0.1) is 6.92 Å². The summed E-state index contributed by atoms with van der Waals surface area (Å²) >= 11 is 3.43. The first-order valence-corrected chi connectivity index (χ1v) is 8.53. The van der Waals surface area contributed by atoms with Gasteiger partial charge in [-0.1, -0.05) is 15.9 Å². The van der Waals surface area contributed by atoms with Crippen LogP contribution in [0.25, 0.3) is 0 Å². The largest absolute Gasteiger partial charge is 0.316 e. The van der Waals surface area contributed by atoms with E-state index in [0.29, 0.717) is 11.4 Å². The highest BCUT2D eigenvalue weighted by Gasteiger charge is 2.41. The van der Waals surface area contributed by atoms with Crippen molar-refractivity contribution in [3.8, 4) is 0 Å². The van der Waals surface area contributed by atoms with Gasteiger partial charge in [0.05, 0.1) is 4.90 Å². The molecule has 0 amide bonds. The number of rotatable bonds is 5. The number of hydrogen-bond acceptors (Lipinski definition) is 3. The minimum atomic E-state index is -3.46. The van der Waals surface area contributed by atoms with Crippen LogP contribution in [-0.4, -0.2) is 21.0 Å². The molecule has 2 rings (SSSR count). The molecule has 1 aliphatic rings. The van der Waals surface area contributed by atoms with Gasteiger partial charge in [0.2, 0.25) is 10.0 Å². The number of nitrogens with one attached hydrogen (secondary N) is 2. The highest BCUT2D eigenvalue weighted by Crippen LogP contribution is 2.37. The van der Waals surface area contributed by atoms with Gasteiger partial charge in [-0.3, -0.25) is 0 Å². The van der Waals surface area contributed by atoms with E-state index in [1.165, 1.54) is 0 Å². The first kappa shape index (κ1) is 15.0. The summed E-state index contributed by atoms with van der Waals surface area (Å²) in [5.74, 6) is 0. The van der Waals surface area contributed by atoms with Crippen LogP contribution >= 0.6 is 15.9 Å². The SMILES string of the molecule is CNCc1cc(Br)c(C)c(S(=O)(=O)NC2(C)CC2)c1. The van der Waals surface area contributed by atoms with E-state index in [1.54, 1.807) is 6.07 Å². The zero-order valence-corrected chi connectivity index (χ0v) is 13.8. The van der Waals surface area contributed by atoms with Crippen molar-refractivity contribution >= 4 is 26.0 Å². The summed E-state index contributed by atoms with van der Waals surface area (Å²) in [5, 5.41) is 3.03. The van der Waals surface area contributed by atoms with Crippen LogP contribution in [0.3, 0.4) is 0 Å². The Kier molecular flexibility index (Phi) is 4.07. The maximum absolute atomic E-state index is 12.5. The standard InChI is InChI=1S/C13H19BrN2O2S/c1-9-11(14)6-10(8-15-3)7-12(9)19(17,18)16-13(2)4-5-13/h6-7,15-16H,4-5,8H2,1-3H3. The van der Waals surface area contributed by atoms with Gasteiger partial charge in [0.15, 0.2) is 0 Å². The molecule has 19 heavy (non-hydrogen) atoms. The topological polar surface area (TPSA) is 58.2 Å². The van der Waals surface area contributed by atoms with E-state index >= 15 is 0 Å². The average Bonchev–Trinajstić information content (AvgIpc) is 3.00. The van der Waals surface area contributed by atoms with E-state index in [0.717, 1.165) is 28.4 Å². The molecular formula is C13H19BrN2O2S. The minimum absolute atomic E-state index is 0.253. The lowest BCUT2D eigenvalue weighted by molar-refractivity contribution is 0.557. The summed E-state index contributed by atoms with van der Waals surface area (Å²) in [6.45, 7) is 4.39. The third kappa shape index (κ3) is 3.37. The fourth-order valence-corrected chi connectivity index (χ4v) is 4.38. The van der Waals surface area contributed by atoms with Crippen LogP contribution in [0.4, 0.5) is 0 Å². The van der Waals surface area contributed by atoms with Crippen LogP contribution in [0.2, 0.25) is 0 Å². The van der Waals surface area contributed by atoms with E-state index in [4.69, 9.17) is 0 Å². The van der Waals surface area contributed by atoms with Crippen LogP contribution in [0.1, 0.15) is 30.9 Å². The Balaban J connectivity index is 2.42. The summed E-state index contributed by atoms with van der Waals surface area (Å²) < 4.78 is 28.5. The molecule has 0 radical (unpaired) electrons. The van der Waals surface area contributed by atoms with Gasteiger partial charge in [-0.25, -0.2) is 13.1 Å². The third-order valence-corrected chi connectivity index (χ3v) is 6.00. The second kappa shape index (κ2) is 5.16. The second-order valence-electron chi connectivity index (χ2n) is 5.40. The molecule has 0 spiro atoms. The number of sulfonamides is 1. The van der Waals surface area contributed by atoms with Crippen molar-refractivity contribution in [2.45, 2.75) is 43.7 Å². The Bertz CT molecular complexity index is 595. The monoisotopic (exact) mass is 346 g/mol. The van der Waals surface area contributed by atoms with Crippen molar-refractivity contribution in [1.82, 2.24) is 10.0 Å². The van der Waals surface area contributed by atoms with E-state index in [1.807, 2.05) is 27.0 Å². The van der Waals surface area contributed by atoms with Gasteiger partial charge in [-0.2, -0.15) is 0 Å². The predicted molar refractivity (Wildman–Crippen MR) is 79.6 cm³/mol. The van der Waals surface area contributed by atoms with Gasteiger partial charge in [0.25, 0.3) is 0 Å². The van der Waals surface area contributed by atoms with Crippen molar-refractivity contribution in [3.05, 3.63) is 27.7 Å². The van der Waals surface area contributed by atoms with Gasteiger partial charge in [-0.05, 0) is 57.0 Å². The molecule has 1 aromatic rings. The van der Waals surface area contributed by atoms with Gasteiger partial charge in [0.1, 0.15) is 0 Å². The van der Waals surface area contributed by atoms with Crippen LogP contribution in [0.15, 0.2) is 21.5 Å². The quantitative estimate of drug-likeness (QED) is 0.859. The Morgan fingerprint density at radius 3 is 2.53 bits per heavy atom. The van der Waals surface area contributed by atoms with Crippen LogP contribution in [0.5, 0.6) is 0 Å². The smallest absolute Gasteiger partial charge is 0.241 e. The zero-order chi connectivity index (χ0) is 14.3. The highest BCUT2D eigenvalue weighted by atomic mass is 79.9. The number of benzene rings is 1. The molecule has 0 aliphatic heterocycles. The molecular weight excluding hydrogens is 328 g/mol. The fraction of sp³-hybridized carbons (Fsp3) is 0.538. The fourth-order valence-electron chi connectivity index (χ4n) is 1.96. The van der Waals surface area contributed by atoms with E-state index in [2.05, 4.69) is 26.0 Å². The average molecular weight is 347 g/mol. The molecule has 4 nitrogen and oxygen atoms in total. The zero-order valence-electron chi connectivity index (χ0n) is 11.4. The Hall–Kier alpha value is -0.430. The molecule has 0 saturated heterocycles. The van der Waals surface area contributed by atoms with E-state index in [-0.39, 0.29) is 5.54 Å². The normalized spacial score (nSPS) is 17.5. The first-order chi connectivity index (χ1) is 8.77. The van der Waals surface area contributed by atoms with Crippen molar-refractivity contribution < 1.29 is 8.42 Å². The molecule has 0 atom stereocenters. The number of halogens is 1. The van der Waals surface area contributed by atoms with E-state index in [9.17, 15) is 8.42 Å². The third-order valence-electron chi connectivity index (χ3n) is 3.41. The maximum atomic E-state index is 12.5. The molecule has 1 saturated carbocycles. The molecule has 106 valence electrons. The lowest BCUT2D eigenvalue weighted by atomic mass is 10.1. The van der Waals surface area contributed by atoms with Gasteiger partial charge in [0, 0.05) is 16.6 Å². The molecule has 1 aromatic carbocycles. The summed E-state index contributed by atoms with van der Waals surface area (Å²) in [6, 6.07) is 3.69. The Morgan fingerprint density at radius 1 is 1.37 bits per heavy atom. The minimum Gasteiger partial charge on any atom is -0.316 e. The lowest BCUT2D eigenvalue weighted by Gasteiger charge is -2.16. The first-order valence-electron chi connectivity index (χ1n) is 6.25. The van der Waals surface area contributed by atoms with Gasteiger partial charge >= 0.3 is 0 Å². The lowest BCUT2D eigenvalue weighted by Crippen LogP contribution is -2.34. The predicted octanol–water partition coefficient (Wildman–Crippen LogP) is 2.31.